The maximum absolute atomic E-state index is 6.26. The Morgan fingerprint density at radius 2 is 1.55 bits per heavy atom. The highest BCUT2D eigenvalue weighted by Gasteiger charge is 2.15. The van der Waals surface area contributed by atoms with Crippen molar-refractivity contribution in [3.8, 4) is 5.69 Å². The van der Waals surface area contributed by atoms with Crippen LogP contribution in [-0.4, -0.2) is 14.8 Å². The summed E-state index contributed by atoms with van der Waals surface area (Å²) in [5.74, 6) is 1.59. The van der Waals surface area contributed by atoms with Crippen molar-refractivity contribution in [2.45, 2.75) is 17.5 Å². The Morgan fingerprint density at radius 1 is 0.828 bits per heavy atom. The van der Waals surface area contributed by atoms with Crippen molar-refractivity contribution in [3.05, 3.63) is 100 Å². The smallest absolute Gasteiger partial charge is 0.196 e. The lowest BCUT2D eigenvalue weighted by Gasteiger charge is -2.12. The molecule has 0 bridgehead atoms. The van der Waals surface area contributed by atoms with Gasteiger partial charge < -0.3 is 5.32 Å². The van der Waals surface area contributed by atoms with Gasteiger partial charge in [-0.3, -0.25) is 4.57 Å². The van der Waals surface area contributed by atoms with Gasteiger partial charge in [0.05, 0.1) is 17.3 Å². The van der Waals surface area contributed by atoms with E-state index < -0.39 is 0 Å². The summed E-state index contributed by atoms with van der Waals surface area (Å²) in [4.78, 5) is 0. The summed E-state index contributed by atoms with van der Waals surface area (Å²) in [6.07, 6.45) is 0. The minimum absolute atomic E-state index is 0.507. The maximum atomic E-state index is 6.26. The first-order valence-corrected chi connectivity index (χ1v) is 10.8. The van der Waals surface area contributed by atoms with Crippen LogP contribution in [0.3, 0.4) is 0 Å². The Labute approximate surface area is 183 Å². The number of nitrogens with one attached hydrogen (secondary N) is 1. The van der Waals surface area contributed by atoms with Gasteiger partial charge in [0.2, 0.25) is 0 Å². The second-order valence-electron chi connectivity index (χ2n) is 6.32. The highest BCUT2D eigenvalue weighted by molar-refractivity contribution is 7.98. The van der Waals surface area contributed by atoms with E-state index in [1.54, 1.807) is 11.8 Å². The van der Waals surface area contributed by atoms with Crippen LogP contribution in [0.5, 0.6) is 0 Å². The lowest BCUT2D eigenvalue weighted by molar-refractivity contribution is 0.841. The number of anilines is 1. The molecule has 0 aliphatic carbocycles. The lowest BCUT2D eigenvalue weighted by atomic mass is 10.2. The van der Waals surface area contributed by atoms with Crippen LogP contribution in [0.1, 0.15) is 11.4 Å². The maximum Gasteiger partial charge on any atom is 0.196 e. The first-order chi connectivity index (χ1) is 14.2. The Kier molecular flexibility index (Phi) is 6.39. The van der Waals surface area contributed by atoms with Crippen molar-refractivity contribution in [2.75, 3.05) is 5.32 Å². The number of halogens is 2. The molecular formula is C22H18Cl2N4S. The van der Waals surface area contributed by atoms with Crippen molar-refractivity contribution in [2.24, 2.45) is 0 Å². The fraction of sp³-hybridized carbons (Fsp3) is 0.0909. The van der Waals surface area contributed by atoms with Crippen LogP contribution in [0.15, 0.2) is 84.0 Å². The number of nitrogens with zero attached hydrogens (tertiary/aromatic N) is 3. The predicted molar refractivity (Wildman–Crippen MR) is 121 cm³/mol. The van der Waals surface area contributed by atoms with Gasteiger partial charge in [0.15, 0.2) is 11.0 Å². The van der Waals surface area contributed by atoms with E-state index in [4.69, 9.17) is 23.2 Å². The molecule has 0 spiro atoms. The minimum Gasteiger partial charge on any atom is -0.377 e. The Bertz CT molecular complexity index is 1080. The largest absolute Gasteiger partial charge is 0.377 e. The SMILES string of the molecule is Clc1ccc(CSc2nnc(CNc3ccccc3Cl)n2-c2ccccc2)cc1. The monoisotopic (exact) mass is 440 g/mol. The van der Waals surface area contributed by atoms with E-state index in [-0.39, 0.29) is 0 Å². The molecule has 1 aromatic heterocycles. The second-order valence-corrected chi connectivity index (χ2v) is 8.10. The quantitative estimate of drug-likeness (QED) is 0.334. The topological polar surface area (TPSA) is 42.7 Å². The van der Waals surface area contributed by atoms with Crippen molar-refractivity contribution >= 4 is 40.7 Å². The molecule has 0 fully saturated rings. The zero-order chi connectivity index (χ0) is 20.1. The number of aromatic nitrogens is 3. The van der Waals surface area contributed by atoms with Gasteiger partial charge in [0.1, 0.15) is 0 Å². The number of para-hydroxylation sites is 2. The summed E-state index contributed by atoms with van der Waals surface area (Å²) in [5.41, 5.74) is 3.07. The van der Waals surface area contributed by atoms with E-state index in [0.717, 1.165) is 33.1 Å². The summed E-state index contributed by atoms with van der Waals surface area (Å²) in [7, 11) is 0. The number of thioether (sulfide) groups is 1. The Morgan fingerprint density at radius 3 is 2.31 bits per heavy atom. The van der Waals surface area contributed by atoms with Gasteiger partial charge in [-0.1, -0.05) is 77.4 Å². The number of hydrogen-bond donors (Lipinski definition) is 1. The van der Waals surface area contributed by atoms with Crippen LogP contribution in [0, 0.1) is 0 Å². The third-order valence-electron chi connectivity index (χ3n) is 4.31. The van der Waals surface area contributed by atoms with Crippen molar-refractivity contribution in [1.29, 1.82) is 0 Å². The zero-order valence-electron chi connectivity index (χ0n) is 15.4. The van der Waals surface area contributed by atoms with E-state index in [0.29, 0.717) is 11.6 Å². The van der Waals surface area contributed by atoms with E-state index in [1.165, 1.54) is 5.56 Å². The molecule has 0 saturated carbocycles. The van der Waals surface area contributed by atoms with Gasteiger partial charge in [-0.2, -0.15) is 0 Å². The van der Waals surface area contributed by atoms with Crippen molar-refractivity contribution < 1.29 is 0 Å². The molecule has 0 saturated heterocycles. The summed E-state index contributed by atoms with van der Waals surface area (Å²) in [6, 6.07) is 25.6. The molecule has 7 heteroatoms. The normalized spacial score (nSPS) is 10.8. The zero-order valence-corrected chi connectivity index (χ0v) is 17.8. The summed E-state index contributed by atoms with van der Waals surface area (Å²) in [5, 5.41) is 14.5. The van der Waals surface area contributed by atoms with Gasteiger partial charge in [-0.05, 0) is 42.0 Å². The molecule has 0 radical (unpaired) electrons. The lowest BCUT2D eigenvalue weighted by Crippen LogP contribution is -2.08. The van der Waals surface area contributed by atoms with Crippen LogP contribution in [0.25, 0.3) is 5.69 Å². The highest BCUT2D eigenvalue weighted by atomic mass is 35.5. The van der Waals surface area contributed by atoms with E-state index in [9.17, 15) is 0 Å². The molecule has 29 heavy (non-hydrogen) atoms. The second kappa shape index (κ2) is 9.35. The van der Waals surface area contributed by atoms with Gasteiger partial charge in [-0.15, -0.1) is 10.2 Å². The first-order valence-electron chi connectivity index (χ1n) is 9.06. The fourth-order valence-electron chi connectivity index (χ4n) is 2.85. The fourth-order valence-corrected chi connectivity index (χ4v) is 4.11. The van der Waals surface area contributed by atoms with Crippen LogP contribution >= 0.6 is 35.0 Å². The van der Waals surface area contributed by atoms with E-state index in [1.807, 2.05) is 66.7 Å². The highest BCUT2D eigenvalue weighted by Crippen LogP contribution is 2.27. The van der Waals surface area contributed by atoms with E-state index >= 15 is 0 Å². The molecule has 4 nitrogen and oxygen atoms in total. The summed E-state index contributed by atoms with van der Waals surface area (Å²) < 4.78 is 2.07. The standard InChI is InChI=1S/C22H18Cl2N4S/c23-17-12-10-16(11-13-17)15-29-22-27-26-21(28(22)18-6-2-1-3-7-18)14-25-20-9-5-4-8-19(20)24/h1-13,25H,14-15H2. The van der Waals surface area contributed by atoms with Gasteiger partial charge in [0.25, 0.3) is 0 Å². The van der Waals surface area contributed by atoms with Crippen molar-refractivity contribution in [1.82, 2.24) is 14.8 Å². The molecule has 3 aromatic carbocycles. The number of hydrogen-bond acceptors (Lipinski definition) is 4. The van der Waals surface area contributed by atoms with Crippen LogP contribution in [0.2, 0.25) is 10.0 Å². The van der Waals surface area contributed by atoms with Gasteiger partial charge >= 0.3 is 0 Å². The molecule has 4 aromatic rings. The average molecular weight is 441 g/mol. The Balaban J connectivity index is 1.58. The van der Waals surface area contributed by atoms with Crippen molar-refractivity contribution in [3.63, 3.8) is 0 Å². The van der Waals surface area contributed by atoms with Crippen LogP contribution < -0.4 is 5.32 Å². The molecule has 4 rings (SSSR count). The Hall–Kier alpha value is -2.47. The molecular weight excluding hydrogens is 423 g/mol. The molecule has 0 atom stereocenters. The summed E-state index contributed by atoms with van der Waals surface area (Å²) in [6.45, 7) is 0.507. The molecule has 1 heterocycles. The first kappa shape index (κ1) is 19.8. The molecule has 1 N–H and O–H groups in total. The molecule has 0 aliphatic rings. The van der Waals surface area contributed by atoms with Gasteiger partial charge in [-0.25, -0.2) is 0 Å². The third kappa shape index (κ3) is 4.93. The van der Waals surface area contributed by atoms with E-state index in [2.05, 4.69) is 32.2 Å². The molecule has 0 amide bonds. The number of benzene rings is 3. The predicted octanol–water partition coefficient (Wildman–Crippen LogP) is 6.48. The third-order valence-corrected chi connectivity index (χ3v) is 5.89. The molecule has 0 unspecified atom stereocenters. The summed E-state index contributed by atoms with van der Waals surface area (Å²) >= 11 is 13.9. The molecule has 0 aliphatic heterocycles. The average Bonchev–Trinajstić information content (AvgIpc) is 3.16. The van der Waals surface area contributed by atoms with Crippen LogP contribution in [0.4, 0.5) is 5.69 Å². The minimum atomic E-state index is 0.507. The molecule has 146 valence electrons. The van der Waals surface area contributed by atoms with Crippen LogP contribution in [-0.2, 0) is 12.3 Å². The van der Waals surface area contributed by atoms with Gasteiger partial charge in [0, 0.05) is 16.5 Å². The number of rotatable bonds is 7.